The van der Waals surface area contributed by atoms with Crippen LogP contribution in [0, 0.1) is 11.3 Å². The molecule has 0 bridgehead atoms. The van der Waals surface area contributed by atoms with Gasteiger partial charge < -0.3 is 10.1 Å². The molecule has 1 atom stereocenters. The third-order valence-electron chi connectivity index (χ3n) is 2.47. The Balaban J connectivity index is 2.45. The average molecular weight is 225 g/mol. The van der Waals surface area contributed by atoms with Crippen LogP contribution in [0.2, 0.25) is 0 Å². The van der Waals surface area contributed by atoms with E-state index in [2.05, 4.69) is 16.4 Å². The van der Waals surface area contributed by atoms with Crippen LogP contribution in [0.1, 0.15) is 12.6 Å². The number of benzene rings is 1. The number of fused-ring (bicyclic) bond motifs is 1. The van der Waals surface area contributed by atoms with E-state index in [0.717, 1.165) is 22.7 Å². The van der Waals surface area contributed by atoms with E-state index in [0.29, 0.717) is 5.69 Å². The number of nitrogens with zero attached hydrogens (tertiary/aromatic N) is 2. The van der Waals surface area contributed by atoms with Crippen molar-refractivity contribution in [2.75, 3.05) is 5.32 Å². The zero-order valence-corrected chi connectivity index (χ0v) is 9.34. The van der Waals surface area contributed by atoms with Gasteiger partial charge in [0.25, 0.3) is 0 Å². The lowest BCUT2D eigenvalue weighted by Crippen LogP contribution is -2.15. The Bertz CT molecular complexity index is 601. The zero-order chi connectivity index (χ0) is 12.3. The van der Waals surface area contributed by atoms with E-state index in [4.69, 9.17) is 5.26 Å². The van der Waals surface area contributed by atoms with Crippen LogP contribution < -0.4 is 5.32 Å². The molecule has 0 radical (unpaired) electrons. The minimum atomic E-state index is -0.232. The molecule has 1 aromatic carbocycles. The number of aromatic nitrogens is 1. The molecule has 17 heavy (non-hydrogen) atoms. The Morgan fingerprint density at radius 3 is 3.00 bits per heavy atom. The van der Waals surface area contributed by atoms with Crippen molar-refractivity contribution >= 4 is 22.7 Å². The Hall–Kier alpha value is -2.41. The van der Waals surface area contributed by atoms with Crippen molar-refractivity contribution in [1.82, 2.24) is 4.98 Å². The maximum Gasteiger partial charge on any atom is 0.148 e. The van der Waals surface area contributed by atoms with E-state index in [1.807, 2.05) is 24.3 Å². The van der Waals surface area contributed by atoms with Crippen LogP contribution in [-0.2, 0) is 4.79 Å². The molecule has 0 saturated carbocycles. The van der Waals surface area contributed by atoms with E-state index in [-0.39, 0.29) is 6.04 Å². The number of carbonyl (C=O) groups is 1. The molecule has 4 nitrogen and oxygen atoms in total. The highest BCUT2D eigenvalue weighted by molar-refractivity contribution is 5.89. The van der Waals surface area contributed by atoms with Crippen LogP contribution in [-0.4, -0.2) is 17.3 Å². The molecule has 2 rings (SSSR count). The van der Waals surface area contributed by atoms with Crippen LogP contribution >= 0.6 is 0 Å². The molecular weight excluding hydrogens is 214 g/mol. The molecule has 1 aromatic heterocycles. The molecule has 84 valence electrons. The van der Waals surface area contributed by atoms with Gasteiger partial charge in [-0.25, -0.2) is 4.98 Å². The standard InChI is InChI=1S/C13H11N3O/c1-9(8-17)16-11-2-3-12-10(6-11)4-5-15-13(12)7-14/h2-6,8-9,16H,1H3. The lowest BCUT2D eigenvalue weighted by Gasteiger charge is -2.09. The summed E-state index contributed by atoms with van der Waals surface area (Å²) in [5.74, 6) is 0. The van der Waals surface area contributed by atoms with Crippen molar-refractivity contribution in [3.05, 3.63) is 36.2 Å². The number of hydrogen-bond acceptors (Lipinski definition) is 4. The largest absolute Gasteiger partial charge is 0.376 e. The molecule has 0 aliphatic rings. The number of carbonyl (C=O) groups excluding carboxylic acids is 1. The van der Waals surface area contributed by atoms with Crippen molar-refractivity contribution in [3.8, 4) is 6.07 Å². The maximum atomic E-state index is 10.6. The lowest BCUT2D eigenvalue weighted by molar-refractivity contribution is -0.108. The molecule has 0 aliphatic carbocycles. The van der Waals surface area contributed by atoms with Crippen molar-refractivity contribution < 1.29 is 4.79 Å². The normalized spacial score (nSPS) is 11.8. The second-order valence-electron chi connectivity index (χ2n) is 3.78. The first kappa shape index (κ1) is 11.1. The average Bonchev–Trinajstić information content (AvgIpc) is 2.37. The highest BCUT2D eigenvalue weighted by atomic mass is 16.1. The highest BCUT2D eigenvalue weighted by Crippen LogP contribution is 2.21. The number of nitriles is 1. The predicted molar refractivity (Wildman–Crippen MR) is 65.6 cm³/mol. The smallest absolute Gasteiger partial charge is 0.148 e. The monoisotopic (exact) mass is 225 g/mol. The molecule has 4 heteroatoms. The number of anilines is 1. The van der Waals surface area contributed by atoms with E-state index in [9.17, 15) is 4.79 Å². The Labute approximate surface area is 98.9 Å². The third kappa shape index (κ3) is 2.23. The van der Waals surface area contributed by atoms with Gasteiger partial charge >= 0.3 is 0 Å². The van der Waals surface area contributed by atoms with E-state index >= 15 is 0 Å². The molecule has 1 heterocycles. The number of aldehydes is 1. The van der Waals surface area contributed by atoms with Crippen molar-refractivity contribution in [3.63, 3.8) is 0 Å². The van der Waals surface area contributed by atoms with Gasteiger partial charge in [-0.15, -0.1) is 0 Å². The van der Waals surface area contributed by atoms with Crippen LogP contribution in [0.15, 0.2) is 30.5 Å². The minimum absolute atomic E-state index is 0.232. The van der Waals surface area contributed by atoms with E-state index < -0.39 is 0 Å². The van der Waals surface area contributed by atoms with Crippen LogP contribution in [0.25, 0.3) is 10.8 Å². The fourth-order valence-electron chi connectivity index (χ4n) is 1.65. The summed E-state index contributed by atoms with van der Waals surface area (Å²) in [6, 6.07) is 9.24. The highest BCUT2D eigenvalue weighted by Gasteiger charge is 2.04. The van der Waals surface area contributed by atoms with Crippen LogP contribution in [0.4, 0.5) is 5.69 Å². The number of pyridine rings is 1. The van der Waals surface area contributed by atoms with Gasteiger partial charge in [0.2, 0.25) is 0 Å². The third-order valence-corrected chi connectivity index (χ3v) is 2.47. The number of hydrogen-bond donors (Lipinski definition) is 1. The molecule has 1 N–H and O–H groups in total. The topological polar surface area (TPSA) is 65.8 Å². The van der Waals surface area contributed by atoms with Gasteiger partial charge in [-0.2, -0.15) is 5.26 Å². The maximum absolute atomic E-state index is 10.6. The fraction of sp³-hybridized carbons (Fsp3) is 0.154. The van der Waals surface area contributed by atoms with Gasteiger partial charge in [0.05, 0.1) is 6.04 Å². The van der Waals surface area contributed by atoms with Crippen molar-refractivity contribution in [2.24, 2.45) is 0 Å². The molecule has 0 amide bonds. The summed E-state index contributed by atoms with van der Waals surface area (Å²) in [6.07, 6.45) is 2.45. The van der Waals surface area contributed by atoms with E-state index in [1.165, 1.54) is 0 Å². The number of rotatable bonds is 3. The first-order valence-corrected chi connectivity index (χ1v) is 5.25. The Morgan fingerprint density at radius 1 is 1.47 bits per heavy atom. The van der Waals surface area contributed by atoms with Gasteiger partial charge in [0.1, 0.15) is 18.0 Å². The summed E-state index contributed by atoms with van der Waals surface area (Å²) < 4.78 is 0. The zero-order valence-electron chi connectivity index (χ0n) is 9.34. The Morgan fingerprint density at radius 2 is 2.29 bits per heavy atom. The molecular formula is C13H11N3O. The van der Waals surface area contributed by atoms with Crippen LogP contribution in [0.5, 0.6) is 0 Å². The summed E-state index contributed by atoms with van der Waals surface area (Å²) in [5, 5.41) is 13.7. The quantitative estimate of drug-likeness (QED) is 0.812. The Kier molecular flexibility index (Phi) is 3.01. The van der Waals surface area contributed by atoms with Crippen LogP contribution in [0.3, 0.4) is 0 Å². The molecule has 0 saturated heterocycles. The summed E-state index contributed by atoms with van der Waals surface area (Å²) in [4.78, 5) is 14.6. The lowest BCUT2D eigenvalue weighted by atomic mass is 10.1. The van der Waals surface area contributed by atoms with Gasteiger partial charge in [-0.3, -0.25) is 0 Å². The minimum Gasteiger partial charge on any atom is -0.376 e. The van der Waals surface area contributed by atoms with Crippen molar-refractivity contribution in [1.29, 1.82) is 5.26 Å². The second kappa shape index (κ2) is 4.62. The first-order valence-electron chi connectivity index (χ1n) is 5.25. The summed E-state index contributed by atoms with van der Waals surface area (Å²) in [5.41, 5.74) is 1.27. The summed E-state index contributed by atoms with van der Waals surface area (Å²) in [7, 11) is 0. The second-order valence-corrected chi connectivity index (χ2v) is 3.78. The first-order chi connectivity index (χ1) is 8.24. The van der Waals surface area contributed by atoms with Gasteiger partial charge in [-0.1, -0.05) is 0 Å². The van der Waals surface area contributed by atoms with Crippen molar-refractivity contribution in [2.45, 2.75) is 13.0 Å². The summed E-state index contributed by atoms with van der Waals surface area (Å²) >= 11 is 0. The van der Waals surface area contributed by atoms with Gasteiger partial charge in [0, 0.05) is 17.3 Å². The number of nitrogens with one attached hydrogen (secondary N) is 1. The molecule has 0 spiro atoms. The molecule has 0 fully saturated rings. The van der Waals surface area contributed by atoms with E-state index in [1.54, 1.807) is 13.1 Å². The van der Waals surface area contributed by atoms with Gasteiger partial charge in [-0.05, 0) is 36.6 Å². The fourth-order valence-corrected chi connectivity index (χ4v) is 1.65. The van der Waals surface area contributed by atoms with Gasteiger partial charge in [0.15, 0.2) is 0 Å². The molecule has 0 aliphatic heterocycles. The summed E-state index contributed by atoms with van der Waals surface area (Å²) in [6.45, 7) is 1.78. The molecule has 1 unspecified atom stereocenters. The SMILES string of the molecule is CC(C=O)Nc1ccc2c(C#N)nccc2c1. The molecule has 2 aromatic rings. The predicted octanol–water partition coefficient (Wildman–Crippen LogP) is 2.11.